The van der Waals surface area contributed by atoms with Crippen molar-refractivity contribution in [1.29, 1.82) is 0 Å². The number of hydrogen-bond acceptors (Lipinski definition) is 3. The molecule has 0 bridgehead atoms. The van der Waals surface area contributed by atoms with Crippen LogP contribution in [0.5, 0.6) is 0 Å². The van der Waals surface area contributed by atoms with Crippen molar-refractivity contribution in [2.75, 3.05) is 13.2 Å². The first-order valence-electron chi connectivity index (χ1n) is 10.3. The molecule has 1 aliphatic rings. The highest BCUT2D eigenvalue weighted by molar-refractivity contribution is 5.67. The van der Waals surface area contributed by atoms with Gasteiger partial charge in [-0.3, -0.25) is 4.79 Å². The maximum Gasteiger partial charge on any atom is 0.407 e. The molecule has 5 nitrogen and oxygen atoms in total. The Morgan fingerprint density at radius 2 is 1.40 bits per heavy atom. The van der Waals surface area contributed by atoms with Crippen molar-refractivity contribution in [1.82, 2.24) is 5.32 Å². The molecule has 25 heavy (non-hydrogen) atoms. The van der Waals surface area contributed by atoms with Gasteiger partial charge in [-0.05, 0) is 31.6 Å². The fraction of sp³-hybridized carbons (Fsp3) is 0.900. The zero-order chi connectivity index (χ0) is 18.2. The summed E-state index contributed by atoms with van der Waals surface area (Å²) in [7, 11) is 0. The second-order valence-electron chi connectivity index (χ2n) is 7.35. The van der Waals surface area contributed by atoms with Gasteiger partial charge < -0.3 is 15.2 Å². The number of carboxylic acid groups (broad SMARTS) is 1. The van der Waals surface area contributed by atoms with Gasteiger partial charge in [0, 0.05) is 13.0 Å². The van der Waals surface area contributed by atoms with Crippen LogP contribution >= 0.6 is 0 Å². The highest BCUT2D eigenvalue weighted by atomic mass is 16.5. The minimum atomic E-state index is -0.688. The van der Waals surface area contributed by atoms with Crippen molar-refractivity contribution in [2.24, 2.45) is 5.92 Å². The highest BCUT2D eigenvalue weighted by Gasteiger charge is 2.15. The molecule has 0 aromatic rings. The number of hydrogen-bond donors (Lipinski definition) is 2. The van der Waals surface area contributed by atoms with Crippen molar-refractivity contribution in [3.05, 3.63) is 0 Å². The Morgan fingerprint density at radius 1 is 0.840 bits per heavy atom. The summed E-state index contributed by atoms with van der Waals surface area (Å²) in [5, 5.41) is 11.4. The summed E-state index contributed by atoms with van der Waals surface area (Å²) in [6.45, 7) is 1.29. The number of carbonyl (C=O) groups excluding carboxylic acids is 1. The maximum atomic E-state index is 11.6. The Balaban J connectivity index is 1.77. The normalized spacial score (nSPS) is 15.0. The minimum Gasteiger partial charge on any atom is -0.481 e. The molecule has 2 N–H and O–H groups in total. The zero-order valence-electron chi connectivity index (χ0n) is 15.8. The number of nitrogens with one attached hydrogen (secondary N) is 1. The predicted octanol–water partition coefficient (Wildman–Crippen LogP) is 5.28. The zero-order valence-corrected chi connectivity index (χ0v) is 15.8. The van der Waals surface area contributed by atoms with Crippen LogP contribution in [0.4, 0.5) is 4.79 Å². The molecule has 1 rings (SSSR count). The monoisotopic (exact) mass is 355 g/mol. The van der Waals surface area contributed by atoms with Gasteiger partial charge in [-0.1, -0.05) is 64.2 Å². The average Bonchev–Trinajstić information content (AvgIpc) is 2.61. The molecule has 146 valence electrons. The van der Waals surface area contributed by atoms with Crippen LogP contribution in [0.25, 0.3) is 0 Å². The van der Waals surface area contributed by atoms with E-state index < -0.39 is 5.97 Å². The minimum absolute atomic E-state index is 0.257. The Kier molecular flexibility index (Phi) is 13.1. The Bertz CT molecular complexity index is 354. The van der Waals surface area contributed by atoms with Crippen LogP contribution in [-0.4, -0.2) is 30.3 Å². The molecule has 0 aromatic carbocycles. The molecule has 0 aromatic heterocycles. The molecular weight excluding hydrogens is 318 g/mol. The van der Waals surface area contributed by atoms with Gasteiger partial charge in [-0.2, -0.15) is 0 Å². The predicted molar refractivity (Wildman–Crippen MR) is 99.7 cm³/mol. The van der Waals surface area contributed by atoms with Crippen LogP contribution in [-0.2, 0) is 9.53 Å². The summed E-state index contributed by atoms with van der Waals surface area (Å²) in [5.41, 5.74) is 0. The maximum absolute atomic E-state index is 11.6. The molecule has 1 saturated carbocycles. The van der Waals surface area contributed by atoms with Gasteiger partial charge in [-0.25, -0.2) is 4.79 Å². The van der Waals surface area contributed by atoms with Gasteiger partial charge in [-0.15, -0.1) is 0 Å². The number of alkyl carbamates (subject to hydrolysis) is 1. The fourth-order valence-corrected chi connectivity index (χ4v) is 3.43. The van der Waals surface area contributed by atoms with Crippen molar-refractivity contribution in [3.8, 4) is 0 Å². The third kappa shape index (κ3) is 13.7. The first-order chi connectivity index (χ1) is 12.2. The summed E-state index contributed by atoms with van der Waals surface area (Å²) < 4.78 is 5.30. The second kappa shape index (κ2) is 15.0. The van der Waals surface area contributed by atoms with Gasteiger partial charge in [0.1, 0.15) is 0 Å². The molecule has 0 heterocycles. The van der Waals surface area contributed by atoms with Gasteiger partial charge in [0.05, 0.1) is 6.61 Å². The van der Waals surface area contributed by atoms with Crippen LogP contribution in [0.15, 0.2) is 0 Å². The Hall–Kier alpha value is -1.26. The van der Waals surface area contributed by atoms with E-state index in [0.29, 0.717) is 25.5 Å². The molecule has 1 aliphatic carbocycles. The van der Waals surface area contributed by atoms with E-state index >= 15 is 0 Å². The lowest BCUT2D eigenvalue weighted by Crippen LogP contribution is -2.27. The average molecular weight is 356 g/mol. The van der Waals surface area contributed by atoms with Crippen molar-refractivity contribution in [2.45, 2.75) is 96.3 Å². The van der Waals surface area contributed by atoms with Crippen LogP contribution in [0.1, 0.15) is 96.3 Å². The topological polar surface area (TPSA) is 75.6 Å². The standard InChI is InChI=1S/C20H37NO4/c22-19(23)15-11-6-4-2-1-3-5-7-12-16-21-20(24)25-17-18-13-9-8-10-14-18/h18H,1-17H2,(H,21,24)(H,22,23). The lowest BCUT2D eigenvalue weighted by molar-refractivity contribution is -0.137. The lowest BCUT2D eigenvalue weighted by Gasteiger charge is -2.21. The van der Waals surface area contributed by atoms with Gasteiger partial charge in [0.15, 0.2) is 0 Å². The number of aliphatic carboxylic acids is 1. The number of unbranched alkanes of at least 4 members (excludes halogenated alkanes) is 8. The van der Waals surface area contributed by atoms with E-state index in [1.54, 1.807) is 0 Å². The number of rotatable bonds is 14. The number of carbonyl (C=O) groups is 2. The molecule has 0 spiro atoms. The lowest BCUT2D eigenvalue weighted by atomic mass is 9.90. The molecule has 0 unspecified atom stereocenters. The van der Waals surface area contributed by atoms with E-state index in [2.05, 4.69) is 5.32 Å². The van der Waals surface area contributed by atoms with Crippen molar-refractivity contribution >= 4 is 12.1 Å². The largest absolute Gasteiger partial charge is 0.481 e. The van der Waals surface area contributed by atoms with Crippen molar-refractivity contribution in [3.63, 3.8) is 0 Å². The van der Waals surface area contributed by atoms with Crippen LogP contribution in [0.2, 0.25) is 0 Å². The Labute approximate surface area is 152 Å². The summed E-state index contributed by atoms with van der Waals surface area (Å²) in [6.07, 6.45) is 16.3. The summed E-state index contributed by atoms with van der Waals surface area (Å²) in [5.74, 6) is -0.116. The second-order valence-corrected chi connectivity index (χ2v) is 7.35. The number of ether oxygens (including phenoxy) is 1. The molecule has 0 saturated heterocycles. The molecule has 0 atom stereocenters. The SMILES string of the molecule is O=C(O)CCCCCCCCCCCNC(=O)OCC1CCCCC1. The Morgan fingerprint density at radius 3 is 2.00 bits per heavy atom. The molecule has 5 heteroatoms. The first kappa shape index (κ1) is 21.8. The molecule has 1 amide bonds. The van der Waals surface area contributed by atoms with E-state index in [-0.39, 0.29) is 6.09 Å². The third-order valence-electron chi connectivity index (χ3n) is 5.01. The fourth-order valence-electron chi connectivity index (χ4n) is 3.43. The van der Waals surface area contributed by atoms with Crippen LogP contribution < -0.4 is 5.32 Å². The number of carboxylic acids is 1. The summed E-state index contributed by atoms with van der Waals surface area (Å²) >= 11 is 0. The van der Waals surface area contributed by atoms with E-state index in [1.807, 2.05) is 0 Å². The van der Waals surface area contributed by atoms with E-state index in [1.165, 1.54) is 57.8 Å². The van der Waals surface area contributed by atoms with Gasteiger partial charge in [0.2, 0.25) is 0 Å². The molecule has 0 radical (unpaired) electrons. The van der Waals surface area contributed by atoms with E-state index in [0.717, 1.165) is 32.1 Å². The molecule has 0 aliphatic heterocycles. The first-order valence-corrected chi connectivity index (χ1v) is 10.3. The molecule has 1 fully saturated rings. The van der Waals surface area contributed by atoms with Crippen molar-refractivity contribution < 1.29 is 19.4 Å². The van der Waals surface area contributed by atoms with E-state index in [4.69, 9.17) is 9.84 Å². The van der Waals surface area contributed by atoms with Crippen LogP contribution in [0.3, 0.4) is 0 Å². The van der Waals surface area contributed by atoms with Crippen LogP contribution in [0, 0.1) is 5.92 Å². The number of amides is 1. The summed E-state index contributed by atoms with van der Waals surface area (Å²) in [6, 6.07) is 0. The quantitative estimate of drug-likeness (QED) is 0.416. The molecular formula is C20H37NO4. The highest BCUT2D eigenvalue weighted by Crippen LogP contribution is 2.23. The van der Waals surface area contributed by atoms with Gasteiger partial charge >= 0.3 is 12.1 Å². The van der Waals surface area contributed by atoms with Gasteiger partial charge in [0.25, 0.3) is 0 Å². The third-order valence-corrected chi connectivity index (χ3v) is 5.01. The van der Waals surface area contributed by atoms with E-state index in [9.17, 15) is 9.59 Å². The smallest absolute Gasteiger partial charge is 0.407 e. The summed E-state index contributed by atoms with van der Waals surface area (Å²) in [4.78, 5) is 22.0.